The summed E-state index contributed by atoms with van der Waals surface area (Å²) < 4.78 is 21.0. The molecule has 1 fully saturated rings. The van der Waals surface area contributed by atoms with Crippen molar-refractivity contribution in [2.24, 2.45) is 5.92 Å². The highest BCUT2D eigenvalue weighted by Crippen LogP contribution is 2.37. The highest BCUT2D eigenvalue weighted by atomic mass is 19.1. The van der Waals surface area contributed by atoms with E-state index in [0.717, 1.165) is 31.4 Å². The van der Waals surface area contributed by atoms with Crippen LogP contribution in [0, 0.1) is 18.7 Å². The molecule has 1 N–H and O–H groups in total. The number of aromatic nitrogens is 2. The molecule has 2 heterocycles. The van der Waals surface area contributed by atoms with Gasteiger partial charge in [0.05, 0.1) is 24.5 Å². The molecule has 3 rings (SSSR count). The van der Waals surface area contributed by atoms with Crippen molar-refractivity contribution in [1.29, 1.82) is 0 Å². The van der Waals surface area contributed by atoms with Crippen molar-refractivity contribution in [3.8, 4) is 0 Å². The summed E-state index contributed by atoms with van der Waals surface area (Å²) in [6.07, 6.45) is 4.41. The van der Waals surface area contributed by atoms with E-state index in [9.17, 15) is 14.3 Å². The van der Waals surface area contributed by atoms with Crippen LogP contribution in [0.5, 0.6) is 0 Å². The first-order valence-corrected chi connectivity index (χ1v) is 8.95. The molecule has 1 aliphatic rings. The van der Waals surface area contributed by atoms with E-state index in [2.05, 4.69) is 11.9 Å². The fraction of sp³-hybridized carbons (Fsp3) is 0.579. The van der Waals surface area contributed by atoms with Gasteiger partial charge in [-0.1, -0.05) is 0 Å². The number of hydrogen-bond donors (Lipinski definition) is 1. The molecule has 0 spiro atoms. The molecule has 2 aromatic rings. The van der Waals surface area contributed by atoms with Crippen molar-refractivity contribution in [2.75, 3.05) is 6.61 Å². The van der Waals surface area contributed by atoms with Gasteiger partial charge in [-0.05, 0) is 58.4 Å². The Kier molecular flexibility index (Phi) is 5.08. The van der Waals surface area contributed by atoms with Crippen LogP contribution in [0.25, 0.3) is 11.0 Å². The summed E-state index contributed by atoms with van der Waals surface area (Å²) in [6, 6.07) is 1.46. The maximum absolute atomic E-state index is 13.8. The third-order valence-corrected chi connectivity index (χ3v) is 5.36. The number of halogens is 1. The number of fused-ring (bicyclic) bond motifs is 1. The van der Waals surface area contributed by atoms with Crippen molar-refractivity contribution < 1.29 is 19.0 Å². The van der Waals surface area contributed by atoms with Crippen LogP contribution < -0.4 is 0 Å². The largest absolute Gasteiger partial charge is 0.462 e. The lowest BCUT2D eigenvalue weighted by Crippen LogP contribution is -2.25. The molecule has 136 valence electrons. The Morgan fingerprint density at radius 3 is 2.76 bits per heavy atom. The summed E-state index contributed by atoms with van der Waals surface area (Å²) in [7, 11) is 0. The Hall–Kier alpha value is -1.95. The molecule has 0 radical (unpaired) electrons. The molecule has 0 aromatic carbocycles. The second-order valence-corrected chi connectivity index (χ2v) is 6.88. The lowest BCUT2D eigenvalue weighted by molar-refractivity contribution is 0.0527. The molecule has 6 heteroatoms. The minimum atomic E-state index is -0.469. The van der Waals surface area contributed by atoms with Crippen LogP contribution >= 0.6 is 0 Å². The van der Waals surface area contributed by atoms with Crippen LogP contribution in [0.3, 0.4) is 0 Å². The van der Waals surface area contributed by atoms with Gasteiger partial charge in [-0.25, -0.2) is 14.2 Å². The van der Waals surface area contributed by atoms with Gasteiger partial charge in [-0.2, -0.15) is 0 Å². The van der Waals surface area contributed by atoms with Crippen LogP contribution in [0.15, 0.2) is 12.3 Å². The predicted molar refractivity (Wildman–Crippen MR) is 93.1 cm³/mol. The zero-order chi connectivity index (χ0) is 18.1. The average molecular weight is 348 g/mol. The highest BCUT2D eigenvalue weighted by Gasteiger charge is 2.30. The number of esters is 1. The number of aliphatic hydroxyl groups is 1. The van der Waals surface area contributed by atoms with Crippen LogP contribution in [-0.4, -0.2) is 33.3 Å². The second kappa shape index (κ2) is 7.12. The summed E-state index contributed by atoms with van der Waals surface area (Å²) in [6.45, 7) is 5.99. The molecule has 1 aliphatic carbocycles. The van der Waals surface area contributed by atoms with Crippen molar-refractivity contribution in [3.05, 3.63) is 29.3 Å². The van der Waals surface area contributed by atoms with Crippen molar-refractivity contribution >= 4 is 17.0 Å². The second-order valence-electron chi connectivity index (χ2n) is 6.88. The molecule has 1 atom stereocenters. The number of rotatable bonds is 4. The monoisotopic (exact) mass is 348 g/mol. The molecule has 0 aliphatic heterocycles. The van der Waals surface area contributed by atoms with Gasteiger partial charge in [0.2, 0.25) is 0 Å². The number of carbonyl (C=O) groups is 1. The predicted octanol–water partition coefficient (Wildman–Crippen LogP) is 3.77. The average Bonchev–Trinajstić information content (AvgIpc) is 2.86. The maximum Gasteiger partial charge on any atom is 0.340 e. The molecule has 0 unspecified atom stereocenters. The fourth-order valence-corrected chi connectivity index (χ4v) is 4.04. The third-order valence-electron chi connectivity index (χ3n) is 5.36. The Labute approximate surface area is 146 Å². The van der Waals surface area contributed by atoms with Crippen molar-refractivity contribution in [3.63, 3.8) is 0 Å². The first-order valence-electron chi connectivity index (χ1n) is 8.95. The molecule has 5 nitrogen and oxygen atoms in total. The Bertz CT molecular complexity index is 779. The Morgan fingerprint density at radius 1 is 1.44 bits per heavy atom. The van der Waals surface area contributed by atoms with Crippen LogP contribution in [0.1, 0.15) is 61.6 Å². The Morgan fingerprint density at radius 2 is 2.12 bits per heavy atom. The van der Waals surface area contributed by atoms with E-state index in [0.29, 0.717) is 22.5 Å². The molecule has 1 saturated carbocycles. The number of nitrogens with zero attached hydrogens (tertiary/aromatic N) is 2. The fourth-order valence-electron chi connectivity index (χ4n) is 4.04. The van der Waals surface area contributed by atoms with E-state index < -0.39 is 11.8 Å². The standard InChI is InChI=1S/C19H25FN2O3/c1-4-25-19(24)17-12(3)22(18-16(17)9-14(20)10-21-18)11(2)13-5-7-15(23)8-6-13/h9-11,13,15,23H,4-8H2,1-3H3/t11-,13?,15?/m1/s1. The topological polar surface area (TPSA) is 64.3 Å². The van der Waals surface area contributed by atoms with Gasteiger partial charge in [-0.15, -0.1) is 0 Å². The van der Waals surface area contributed by atoms with Gasteiger partial charge >= 0.3 is 5.97 Å². The summed E-state index contributed by atoms with van der Waals surface area (Å²) in [5.74, 6) is -0.523. The quantitative estimate of drug-likeness (QED) is 0.854. The summed E-state index contributed by atoms with van der Waals surface area (Å²) in [4.78, 5) is 16.7. The van der Waals surface area contributed by atoms with Gasteiger partial charge in [0.1, 0.15) is 11.5 Å². The van der Waals surface area contributed by atoms with Crippen LogP contribution in [0.4, 0.5) is 4.39 Å². The van der Waals surface area contributed by atoms with E-state index in [4.69, 9.17) is 4.74 Å². The van der Waals surface area contributed by atoms with Crippen molar-refractivity contribution in [2.45, 2.75) is 58.6 Å². The molecular weight excluding hydrogens is 323 g/mol. The molecule has 25 heavy (non-hydrogen) atoms. The molecule has 2 aromatic heterocycles. The van der Waals surface area contributed by atoms with Crippen molar-refractivity contribution in [1.82, 2.24) is 9.55 Å². The lowest BCUT2D eigenvalue weighted by atomic mass is 9.83. The van der Waals surface area contributed by atoms with Gasteiger partial charge < -0.3 is 14.4 Å². The zero-order valence-corrected chi connectivity index (χ0v) is 15.0. The van der Waals surface area contributed by atoms with E-state index in [1.54, 1.807) is 6.92 Å². The Balaban J connectivity index is 2.08. The molecule has 0 bridgehead atoms. The summed E-state index contributed by atoms with van der Waals surface area (Å²) in [5.41, 5.74) is 1.76. The van der Waals surface area contributed by atoms with Gasteiger partial charge in [0, 0.05) is 17.1 Å². The molecule has 0 amide bonds. The number of carbonyl (C=O) groups excluding carboxylic acids is 1. The van der Waals surface area contributed by atoms with Crippen LogP contribution in [-0.2, 0) is 4.74 Å². The van der Waals surface area contributed by atoms with E-state index in [1.807, 2.05) is 11.5 Å². The van der Waals surface area contributed by atoms with E-state index in [-0.39, 0.29) is 18.8 Å². The highest BCUT2D eigenvalue weighted by molar-refractivity contribution is 6.05. The van der Waals surface area contributed by atoms with Gasteiger partial charge in [0.15, 0.2) is 0 Å². The first kappa shape index (κ1) is 17.9. The van der Waals surface area contributed by atoms with E-state index >= 15 is 0 Å². The minimum Gasteiger partial charge on any atom is -0.462 e. The van der Waals surface area contributed by atoms with Crippen LogP contribution in [0.2, 0.25) is 0 Å². The lowest BCUT2D eigenvalue weighted by Gasteiger charge is -2.32. The van der Waals surface area contributed by atoms with Gasteiger partial charge in [0.25, 0.3) is 0 Å². The van der Waals surface area contributed by atoms with Gasteiger partial charge in [-0.3, -0.25) is 0 Å². The normalized spacial score (nSPS) is 22.1. The molecular formula is C19H25FN2O3. The molecule has 0 saturated heterocycles. The zero-order valence-electron chi connectivity index (χ0n) is 15.0. The SMILES string of the molecule is CCOC(=O)c1c(C)n([C@H](C)C2CCC(O)CC2)c2ncc(F)cc12. The third kappa shape index (κ3) is 3.27. The smallest absolute Gasteiger partial charge is 0.340 e. The number of hydrogen-bond acceptors (Lipinski definition) is 4. The maximum atomic E-state index is 13.8. The minimum absolute atomic E-state index is 0.108. The first-order chi connectivity index (χ1) is 11.9. The number of aliphatic hydroxyl groups excluding tert-OH is 1. The summed E-state index contributed by atoms with van der Waals surface area (Å²) >= 11 is 0. The summed E-state index contributed by atoms with van der Waals surface area (Å²) in [5, 5.41) is 10.2. The number of ether oxygens (including phenoxy) is 1. The number of pyridine rings is 1. The van der Waals surface area contributed by atoms with E-state index in [1.165, 1.54) is 12.3 Å².